The number of hydrogen-bond donors (Lipinski definition) is 1. The molecule has 6 nitrogen and oxygen atoms in total. The number of phenolic OH excluding ortho intramolecular Hbond substituents is 1. The monoisotopic (exact) mass is 463 g/mol. The summed E-state index contributed by atoms with van der Waals surface area (Å²) < 4.78 is 57.4. The number of halogens is 3. The molecule has 0 amide bonds. The van der Waals surface area contributed by atoms with Gasteiger partial charge < -0.3 is 19.0 Å². The van der Waals surface area contributed by atoms with Crippen LogP contribution >= 0.6 is 0 Å². The molecule has 33 heavy (non-hydrogen) atoms. The lowest BCUT2D eigenvalue weighted by Gasteiger charge is -2.21. The summed E-state index contributed by atoms with van der Waals surface area (Å²) in [5.74, 6) is -2.20. The third-order valence-electron chi connectivity index (χ3n) is 5.71. The fourth-order valence-corrected chi connectivity index (χ4v) is 4.00. The lowest BCUT2D eigenvalue weighted by Crippen LogP contribution is -2.24. The third kappa shape index (κ3) is 4.93. The van der Waals surface area contributed by atoms with Gasteiger partial charge in [0.25, 0.3) is 5.76 Å². The van der Waals surface area contributed by atoms with Crippen LogP contribution < -0.4 is 14.9 Å². The summed E-state index contributed by atoms with van der Waals surface area (Å²) in [5, 5.41) is 10.3. The van der Waals surface area contributed by atoms with Gasteiger partial charge in [0.05, 0.1) is 18.1 Å². The van der Waals surface area contributed by atoms with E-state index in [4.69, 9.17) is 13.9 Å². The zero-order chi connectivity index (χ0) is 23.6. The molecule has 1 saturated heterocycles. The second-order valence-electron chi connectivity index (χ2n) is 8.00. The molecule has 1 fully saturated rings. The number of ether oxygens (including phenoxy) is 2. The first-order valence-electron chi connectivity index (χ1n) is 10.7. The fraction of sp³-hybridized carbons (Fsp3) is 0.375. The Morgan fingerprint density at radius 3 is 2.24 bits per heavy atom. The first kappa shape index (κ1) is 23.0. The van der Waals surface area contributed by atoms with E-state index in [9.17, 15) is 23.1 Å². The minimum atomic E-state index is -4.99. The van der Waals surface area contributed by atoms with Crippen molar-refractivity contribution in [2.75, 3.05) is 20.2 Å². The summed E-state index contributed by atoms with van der Waals surface area (Å²) in [6.07, 6.45) is -0.901. The van der Waals surface area contributed by atoms with Gasteiger partial charge in [-0.3, -0.25) is 9.69 Å². The Kier molecular flexibility index (Phi) is 6.51. The normalized spacial score (nSPS) is 15.4. The first-order chi connectivity index (χ1) is 15.8. The molecular formula is C24H24F3NO5. The number of alkyl halides is 3. The molecule has 4 rings (SSSR count). The van der Waals surface area contributed by atoms with E-state index < -0.39 is 23.1 Å². The number of aromatic hydroxyl groups is 1. The summed E-state index contributed by atoms with van der Waals surface area (Å²) in [4.78, 5) is 15.2. The van der Waals surface area contributed by atoms with Crippen molar-refractivity contribution in [3.63, 3.8) is 0 Å². The van der Waals surface area contributed by atoms with E-state index >= 15 is 0 Å². The number of nitrogens with zero attached hydrogens (tertiary/aromatic N) is 1. The van der Waals surface area contributed by atoms with Gasteiger partial charge in [-0.25, -0.2) is 0 Å². The molecule has 0 radical (unpaired) electrons. The average Bonchev–Trinajstić information content (AvgIpc) is 3.06. The van der Waals surface area contributed by atoms with Crippen molar-refractivity contribution in [1.29, 1.82) is 0 Å². The molecule has 0 bridgehead atoms. The van der Waals surface area contributed by atoms with Crippen LogP contribution in [-0.4, -0.2) is 30.2 Å². The van der Waals surface area contributed by atoms with Crippen molar-refractivity contribution in [3.8, 4) is 23.0 Å². The van der Waals surface area contributed by atoms with Crippen molar-refractivity contribution in [3.05, 3.63) is 57.9 Å². The molecule has 0 unspecified atom stereocenters. The van der Waals surface area contributed by atoms with Crippen molar-refractivity contribution in [1.82, 2.24) is 4.90 Å². The molecule has 176 valence electrons. The predicted molar refractivity (Wildman–Crippen MR) is 116 cm³/mol. The molecule has 2 heterocycles. The quantitative estimate of drug-likeness (QED) is 0.524. The third-order valence-corrected chi connectivity index (χ3v) is 5.71. The maximum absolute atomic E-state index is 13.9. The van der Waals surface area contributed by atoms with Gasteiger partial charge in [-0.1, -0.05) is 12.8 Å². The maximum Gasteiger partial charge on any atom is 0.453 e. The van der Waals surface area contributed by atoms with Gasteiger partial charge in [-0.15, -0.1) is 0 Å². The Labute approximate surface area is 188 Å². The van der Waals surface area contributed by atoms with Crippen LogP contribution in [-0.2, 0) is 12.7 Å². The molecule has 9 heteroatoms. The lowest BCUT2D eigenvalue weighted by molar-refractivity contribution is -0.154. The second-order valence-corrected chi connectivity index (χ2v) is 8.00. The van der Waals surface area contributed by atoms with Crippen molar-refractivity contribution in [2.24, 2.45) is 0 Å². The topological polar surface area (TPSA) is 72.1 Å². The molecule has 0 aliphatic carbocycles. The van der Waals surface area contributed by atoms with Gasteiger partial charge in [0, 0.05) is 6.54 Å². The Balaban J connectivity index is 1.83. The van der Waals surface area contributed by atoms with Crippen molar-refractivity contribution < 1.29 is 32.2 Å². The van der Waals surface area contributed by atoms with Crippen LogP contribution in [0.3, 0.4) is 0 Å². The van der Waals surface area contributed by atoms with Crippen LogP contribution in [0.1, 0.15) is 37.0 Å². The molecule has 0 spiro atoms. The van der Waals surface area contributed by atoms with E-state index in [1.807, 2.05) is 0 Å². The van der Waals surface area contributed by atoms with Gasteiger partial charge in [-0.05, 0) is 62.3 Å². The highest BCUT2D eigenvalue weighted by molar-refractivity contribution is 5.83. The zero-order valence-electron chi connectivity index (χ0n) is 18.1. The summed E-state index contributed by atoms with van der Waals surface area (Å²) in [7, 11) is 1.45. The van der Waals surface area contributed by atoms with Crippen LogP contribution in [0, 0.1) is 0 Å². The molecule has 1 aromatic heterocycles. The molecule has 0 atom stereocenters. The number of methoxy groups -OCH3 is 1. The SMILES string of the molecule is COc1ccc(Oc2c(C(F)(F)F)oc3c(CN4CCCCCC4)c(O)ccc3c2=O)cc1. The van der Waals surface area contributed by atoms with Gasteiger partial charge in [0.1, 0.15) is 22.8 Å². The zero-order valence-corrected chi connectivity index (χ0v) is 18.1. The Morgan fingerprint density at radius 2 is 1.64 bits per heavy atom. The van der Waals surface area contributed by atoms with Crippen molar-refractivity contribution in [2.45, 2.75) is 38.4 Å². The number of phenols is 1. The standard InChI is InChI=1S/C24H24F3NO5/c1-31-15-6-8-16(9-7-15)32-22-20(30)17-10-11-19(29)18(14-28-12-4-2-3-5-13-28)21(17)33-23(22)24(25,26)27/h6-11,29H,2-5,12-14H2,1H3. The first-order valence-corrected chi connectivity index (χ1v) is 10.7. The highest BCUT2D eigenvalue weighted by atomic mass is 19.4. The summed E-state index contributed by atoms with van der Waals surface area (Å²) >= 11 is 0. The minimum Gasteiger partial charge on any atom is -0.507 e. The summed E-state index contributed by atoms with van der Waals surface area (Å²) in [6, 6.07) is 8.35. The Hall–Kier alpha value is -3.20. The maximum atomic E-state index is 13.9. The Bertz CT molecular complexity index is 1180. The van der Waals surface area contributed by atoms with Crippen LogP contribution in [0.4, 0.5) is 13.2 Å². The predicted octanol–water partition coefficient (Wildman–Crippen LogP) is 5.69. The van der Waals surface area contributed by atoms with E-state index in [0.29, 0.717) is 5.75 Å². The van der Waals surface area contributed by atoms with Crippen molar-refractivity contribution >= 4 is 11.0 Å². The lowest BCUT2D eigenvalue weighted by atomic mass is 10.1. The van der Waals surface area contributed by atoms with Crippen LogP contribution in [0.15, 0.2) is 45.6 Å². The van der Waals surface area contributed by atoms with E-state index in [1.165, 1.54) is 43.5 Å². The summed E-state index contributed by atoms with van der Waals surface area (Å²) in [6.45, 7) is 1.69. The largest absolute Gasteiger partial charge is 0.507 e. The highest BCUT2D eigenvalue weighted by Gasteiger charge is 2.41. The minimum absolute atomic E-state index is 0.0246. The fourth-order valence-electron chi connectivity index (χ4n) is 4.00. The molecule has 1 aliphatic rings. The molecule has 0 saturated carbocycles. The molecule has 1 aliphatic heterocycles. The van der Waals surface area contributed by atoms with E-state index in [1.54, 1.807) is 0 Å². The smallest absolute Gasteiger partial charge is 0.453 e. The second kappa shape index (κ2) is 9.35. The number of rotatable bonds is 5. The molecule has 2 aromatic carbocycles. The van der Waals surface area contributed by atoms with Gasteiger partial charge in [0.2, 0.25) is 11.2 Å². The van der Waals surface area contributed by atoms with Gasteiger partial charge in [-0.2, -0.15) is 13.2 Å². The number of hydrogen-bond acceptors (Lipinski definition) is 6. The number of benzene rings is 2. The van der Waals surface area contributed by atoms with E-state index in [2.05, 4.69) is 4.90 Å². The highest BCUT2D eigenvalue weighted by Crippen LogP contribution is 2.40. The number of fused-ring (bicyclic) bond motifs is 1. The van der Waals surface area contributed by atoms with Crippen LogP contribution in [0.5, 0.6) is 23.0 Å². The summed E-state index contributed by atoms with van der Waals surface area (Å²) in [5.41, 5.74) is -1.08. The van der Waals surface area contributed by atoms with Gasteiger partial charge in [0.15, 0.2) is 0 Å². The molecular weight excluding hydrogens is 439 g/mol. The van der Waals surface area contributed by atoms with Crippen LogP contribution in [0.25, 0.3) is 11.0 Å². The van der Waals surface area contributed by atoms with Crippen LogP contribution in [0.2, 0.25) is 0 Å². The average molecular weight is 463 g/mol. The molecule has 3 aromatic rings. The van der Waals surface area contributed by atoms with E-state index in [0.717, 1.165) is 38.8 Å². The molecule has 1 N–H and O–H groups in total. The van der Waals surface area contributed by atoms with Gasteiger partial charge >= 0.3 is 6.18 Å². The number of likely N-dealkylation sites (tertiary alicyclic amines) is 1. The van der Waals surface area contributed by atoms with E-state index in [-0.39, 0.29) is 34.6 Å². The Morgan fingerprint density at radius 1 is 1.00 bits per heavy atom.